The van der Waals surface area contributed by atoms with Gasteiger partial charge in [-0.1, -0.05) is 59.4 Å². The Balaban J connectivity index is 1.33. The number of hydrogen-bond acceptors (Lipinski definition) is 9. The second-order valence-corrected chi connectivity index (χ2v) is 10.8. The monoisotopic (exact) mass is 582 g/mol. The van der Waals surface area contributed by atoms with Crippen molar-refractivity contribution in [1.82, 2.24) is 30.3 Å². The highest BCUT2D eigenvalue weighted by Gasteiger charge is 2.31. The number of carbonyl (C=O) groups excluding carboxylic acids is 2. The number of fused-ring (bicyclic) bond motifs is 1. The Morgan fingerprint density at radius 2 is 1.79 bits per heavy atom. The molecule has 12 heteroatoms. The molecule has 5 aromatic rings. The lowest BCUT2D eigenvalue weighted by Crippen LogP contribution is -2.25. The number of carbonyl (C=O) groups is 2. The van der Waals surface area contributed by atoms with Crippen LogP contribution in [0, 0.1) is 0 Å². The maximum Gasteiger partial charge on any atom is 0.286 e. The first kappa shape index (κ1) is 27.2. The summed E-state index contributed by atoms with van der Waals surface area (Å²) in [5, 5.41) is 9.80. The summed E-state index contributed by atoms with van der Waals surface area (Å²) in [5.41, 5.74) is 4.42. The van der Waals surface area contributed by atoms with Gasteiger partial charge in [-0.05, 0) is 59.9 Å². The van der Waals surface area contributed by atoms with Crippen molar-refractivity contribution in [2.75, 3.05) is 13.7 Å². The Morgan fingerprint density at radius 1 is 0.976 bits per heavy atom. The van der Waals surface area contributed by atoms with Crippen LogP contribution in [-0.4, -0.2) is 55.1 Å². The van der Waals surface area contributed by atoms with E-state index in [1.54, 1.807) is 11.8 Å². The molecular formula is C30H26N6O5S. The zero-order valence-corrected chi connectivity index (χ0v) is 23.6. The first-order valence-corrected chi connectivity index (χ1v) is 14.1. The summed E-state index contributed by atoms with van der Waals surface area (Å²) in [6.07, 6.45) is 0.440. The molecule has 212 valence electrons. The minimum Gasteiger partial charge on any atom is -0.497 e. The minimum atomic E-state index is -0.445. The van der Waals surface area contributed by atoms with E-state index in [0.29, 0.717) is 42.4 Å². The molecule has 0 radical (unpaired) electrons. The standard InChI is InChI=1S/C30H26N6O5S/c1-3-41-23-15-20(19-6-4-5-18(13-19)14-24-28(37)33-30(39)42-24)9-12-22(23)26-31-27-25(29(38)32-26)34-35-36(27)16-17-7-10-21(40-2)11-8-17/h4-13,15,24H,3,14,16H2,1-2H3,(H,31,32,38)(H,33,37,39). The third kappa shape index (κ3) is 5.48. The zero-order chi connectivity index (χ0) is 29.2. The van der Waals surface area contributed by atoms with Gasteiger partial charge in [-0.25, -0.2) is 9.67 Å². The summed E-state index contributed by atoms with van der Waals surface area (Å²) in [7, 11) is 1.61. The summed E-state index contributed by atoms with van der Waals surface area (Å²) in [4.78, 5) is 44.2. The molecule has 3 heterocycles. The number of aromatic nitrogens is 5. The van der Waals surface area contributed by atoms with Gasteiger partial charge in [0.15, 0.2) is 11.2 Å². The summed E-state index contributed by atoms with van der Waals surface area (Å²) >= 11 is 1.01. The SMILES string of the molecule is CCOc1cc(-c2cccc(CC3SC(=O)NC3=O)c2)ccc1-c1nc2c(nnn2Cc2ccc(OC)cc2)c(=O)[nH]1. The third-order valence-electron chi connectivity index (χ3n) is 6.85. The normalized spacial score (nSPS) is 14.8. The summed E-state index contributed by atoms with van der Waals surface area (Å²) in [6, 6.07) is 21.1. The number of amides is 2. The molecule has 1 saturated heterocycles. The van der Waals surface area contributed by atoms with Gasteiger partial charge in [-0.15, -0.1) is 5.10 Å². The second-order valence-electron chi connectivity index (χ2n) is 9.61. The first-order chi connectivity index (χ1) is 20.4. The molecule has 0 bridgehead atoms. The smallest absolute Gasteiger partial charge is 0.286 e. The molecule has 0 aliphatic carbocycles. The van der Waals surface area contributed by atoms with Gasteiger partial charge in [0.25, 0.3) is 10.8 Å². The average Bonchev–Trinajstić information content (AvgIpc) is 3.55. The highest BCUT2D eigenvalue weighted by molar-refractivity contribution is 8.15. The quantitative estimate of drug-likeness (QED) is 0.262. The molecule has 1 atom stereocenters. The summed E-state index contributed by atoms with van der Waals surface area (Å²) < 4.78 is 12.8. The van der Waals surface area contributed by atoms with Crippen molar-refractivity contribution in [3.63, 3.8) is 0 Å². The number of benzene rings is 3. The van der Waals surface area contributed by atoms with Crippen LogP contribution in [0.3, 0.4) is 0 Å². The van der Waals surface area contributed by atoms with Crippen LogP contribution in [0.25, 0.3) is 33.7 Å². The van der Waals surface area contributed by atoms with E-state index in [2.05, 4.69) is 20.6 Å². The van der Waals surface area contributed by atoms with Crippen LogP contribution in [0.15, 0.2) is 71.5 Å². The lowest BCUT2D eigenvalue weighted by Gasteiger charge is -2.13. The molecule has 6 rings (SSSR count). The van der Waals surface area contributed by atoms with Crippen LogP contribution in [0.4, 0.5) is 4.79 Å². The molecule has 1 aliphatic rings. The Kier molecular flexibility index (Phi) is 7.44. The number of aromatic amines is 1. The van der Waals surface area contributed by atoms with Gasteiger partial charge < -0.3 is 14.5 Å². The predicted molar refractivity (Wildman–Crippen MR) is 159 cm³/mol. The van der Waals surface area contributed by atoms with Crippen LogP contribution in [-0.2, 0) is 17.8 Å². The van der Waals surface area contributed by atoms with Gasteiger partial charge in [0.1, 0.15) is 17.3 Å². The Morgan fingerprint density at radius 3 is 2.52 bits per heavy atom. The van der Waals surface area contributed by atoms with E-state index in [1.165, 1.54) is 0 Å². The van der Waals surface area contributed by atoms with E-state index < -0.39 is 10.8 Å². The van der Waals surface area contributed by atoms with Crippen molar-refractivity contribution in [3.8, 4) is 34.0 Å². The number of nitrogens with zero attached hydrogens (tertiary/aromatic N) is 4. The van der Waals surface area contributed by atoms with Crippen molar-refractivity contribution < 1.29 is 19.1 Å². The molecule has 1 aliphatic heterocycles. The van der Waals surface area contributed by atoms with E-state index in [1.807, 2.05) is 73.7 Å². The zero-order valence-electron chi connectivity index (χ0n) is 22.8. The van der Waals surface area contributed by atoms with Crippen molar-refractivity contribution in [2.24, 2.45) is 0 Å². The third-order valence-corrected chi connectivity index (χ3v) is 7.83. The number of H-pyrrole nitrogens is 1. The summed E-state index contributed by atoms with van der Waals surface area (Å²) in [6.45, 7) is 2.66. The molecule has 1 unspecified atom stereocenters. The second kappa shape index (κ2) is 11.5. The maximum absolute atomic E-state index is 13.0. The van der Waals surface area contributed by atoms with Gasteiger partial charge in [0.05, 0.1) is 31.1 Å². The van der Waals surface area contributed by atoms with Crippen molar-refractivity contribution in [3.05, 3.63) is 88.2 Å². The van der Waals surface area contributed by atoms with Gasteiger partial charge in [-0.3, -0.25) is 19.7 Å². The molecule has 11 nitrogen and oxygen atoms in total. The highest BCUT2D eigenvalue weighted by Crippen LogP contribution is 2.34. The molecule has 0 saturated carbocycles. The molecule has 1 fully saturated rings. The van der Waals surface area contributed by atoms with Crippen molar-refractivity contribution in [2.45, 2.75) is 25.1 Å². The molecule has 3 aromatic carbocycles. The largest absolute Gasteiger partial charge is 0.497 e. The summed E-state index contributed by atoms with van der Waals surface area (Å²) in [5.74, 6) is 1.36. The molecule has 0 spiro atoms. The first-order valence-electron chi connectivity index (χ1n) is 13.3. The number of ether oxygens (including phenoxy) is 2. The molecular weight excluding hydrogens is 556 g/mol. The lowest BCUT2D eigenvalue weighted by molar-refractivity contribution is -0.118. The molecule has 2 aromatic heterocycles. The number of nitrogens with one attached hydrogen (secondary N) is 2. The van der Waals surface area contributed by atoms with Crippen LogP contribution >= 0.6 is 11.8 Å². The van der Waals surface area contributed by atoms with Gasteiger partial charge in [-0.2, -0.15) is 0 Å². The van der Waals surface area contributed by atoms with Gasteiger partial charge >= 0.3 is 0 Å². The van der Waals surface area contributed by atoms with Crippen LogP contribution in [0.5, 0.6) is 11.5 Å². The van der Waals surface area contributed by atoms with Crippen molar-refractivity contribution >= 4 is 34.1 Å². The number of imide groups is 1. The minimum absolute atomic E-state index is 0.148. The van der Waals surface area contributed by atoms with Crippen LogP contribution in [0.2, 0.25) is 0 Å². The Labute approximate surface area is 244 Å². The number of hydrogen-bond donors (Lipinski definition) is 2. The average molecular weight is 583 g/mol. The topological polar surface area (TPSA) is 141 Å². The predicted octanol–water partition coefficient (Wildman–Crippen LogP) is 4.20. The van der Waals surface area contributed by atoms with Crippen molar-refractivity contribution in [1.29, 1.82) is 0 Å². The van der Waals surface area contributed by atoms with E-state index in [-0.39, 0.29) is 16.7 Å². The van der Waals surface area contributed by atoms with Crippen LogP contribution in [0.1, 0.15) is 18.1 Å². The van der Waals surface area contributed by atoms with E-state index in [0.717, 1.165) is 39.8 Å². The molecule has 2 amide bonds. The Hall–Kier alpha value is -4.97. The fourth-order valence-corrected chi connectivity index (χ4v) is 5.66. The van der Waals surface area contributed by atoms with Gasteiger partial charge in [0.2, 0.25) is 5.91 Å². The number of methoxy groups -OCH3 is 1. The molecule has 42 heavy (non-hydrogen) atoms. The maximum atomic E-state index is 13.0. The molecule has 2 N–H and O–H groups in total. The van der Waals surface area contributed by atoms with Gasteiger partial charge in [0, 0.05) is 0 Å². The van der Waals surface area contributed by atoms with E-state index in [4.69, 9.17) is 14.5 Å². The highest BCUT2D eigenvalue weighted by atomic mass is 32.2. The van der Waals surface area contributed by atoms with E-state index in [9.17, 15) is 14.4 Å². The van der Waals surface area contributed by atoms with Crippen LogP contribution < -0.4 is 20.3 Å². The lowest BCUT2D eigenvalue weighted by atomic mass is 9.99. The number of rotatable bonds is 9. The number of thioether (sulfide) groups is 1. The Bertz CT molecular complexity index is 1870. The van der Waals surface area contributed by atoms with E-state index >= 15 is 0 Å². The fourth-order valence-electron chi connectivity index (χ4n) is 4.80. The fraction of sp³-hybridized carbons (Fsp3) is 0.200.